The third-order valence-corrected chi connectivity index (χ3v) is 21.6. The van der Waals surface area contributed by atoms with Crippen molar-refractivity contribution < 1.29 is 46.1 Å². The molecule has 0 aromatic heterocycles. The number of hydrogen-bond acceptors (Lipinski definition) is 0. The quantitative estimate of drug-likeness (QED) is 0.178. The largest absolute Gasteiger partial charge is 1.00 e. The van der Waals surface area contributed by atoms with Gasteiger partial charge in [-0.25, -0.2) is 0 Å². The Morgan fingerprint density at radius 3 is 1.77 bits per heavy atom. The van der Waals surface area contributed by atoms with Crippen molar-refractivity contribution in [3.8, 4) is 11.1 Å². The summed E-state index contributed by atoms with van der Waals surface area (Å²) >= 11 is -2.73. The molecule has 0 aliphatic heterocycles. The van der Waals surface area contributed by atoms with Gasteiger partial charge >= 0.3 is 317 Å². The van der Waals surface area contributed by atoms with Crippen LogP contribution in [0.15, 0.2) is 115 Å². The molecule has 0 saturated carbocycles. The molecule has 0 fully saturated rings. The van der Waals surface area contributed by atoms with Crippen molar-refractivity contribution in [2.75, 3.05) is 0 Å². The van der Waals surface area contributed by atoms with E-state index in [4.69, 9.17) is 0 Å². The van der Waals surface area contributed by atoms with E-state index in [9.17, 15) is 0 Å². The van der Waals surface area contributed by atoms with Crippen molar-refractivity contribution in [3.05, 3.63) is 160 Å². The third-order valence-electron chi connectivity index (χ3n) is 12.4. The fourth-order valence-corrected chi connectivity index (χ4v) is 19.5. The van der Waals surface area contributed by atoms with E-state index in [1.807, 2.05) is 0 Å². The molecule has 4 aliphatic carbocycles. The molecule has 0 nitrogen and oxygen atoms in total. The van der Waals surface area contributed by atoms with Gasteiger partial charge in [0, 0.05) is 0 Å². The first-order valence-corrected chi connectivity index (χ1v) is 22.8. The van der Waals surface area contributed by atoms with Crippen LogP contribution in [0.1, 0.15) is 114 Å². The van der Waals surface area contributed by atoms with Gasteiger partial charge in [-0.05, 0) is 0 Å². The second-order valence-corrected chi connectivity index (χ2v) is 24.3. The van der Waals surface area contributed by atoms with Crippen molar-refractivity contribution in [1.29, 1.82) is 0 Å². The van der Waals surface area contributed by atoms with E-state index in [1.54, 1.807) is 20.9 Å². The Kier molecular flexibility index (Phi) is 10.8. The van der Waals surface area contributed by atoms with Crippen LogP contribution in [0.2, 0.25) is 0 Å². The molecule has 0 heterocycles. The molecule has 0 saturated heterocycles. The number of benzene rings is 4. The maximum Gasteiger partial charge on any atom is -1.00 e. The van der Waals surface area contributed by atoms with E-state index < -0.39 is 21.3 Å². The van der Waals surface area contributed by atoms with Crippen LogP contribution >= 0.6 is 0 Å². The summed E-state index contributed by atoms with van der Waals surface area (Å²) in [7, 11) is 0. The van der Waals surface area contributed by atoms with Crippen LogP contribution < -0.4 is 24.8 Å². The van der Waals surface area contributed by atoms with Gasteiger partial charge in [-0.3, -0.25) is 0 Å². The molecule has 8 rings (SSSR count). The third kappa shape index (κ3) is 6.87. The van der Waals surface area contributed by atoms with Gasteiger partial charge < -0.3 is 24.8 Å². The van der Waals surface area contributed by atoms with E-state index in [2.05, 4.69) is 172 Å². The molecule has 4 aromatic rings. The molecule has 0 spiro atoms. The normalized spacial score (nSPS) is 18.4. The summed E-state index contributed by atoms with van der Waals surface area (Å²) in [6.07, 6.45) is 10.9. The van der Waals surface area contributed by atoms with Crippen molar-refractivity contribution in [2.24, 2.45) is 11.3 Å². The molecule has 0 N–H and O–H groups in total. The topological polar surface area (TPSA) is 0 Å². The zero-order valence-electron chi connectivity index (χ0n) is 33.3. The first-order valence-electron chi connectivity index (χ1n) is 19.1. The smallest absolute Gasteiger partial charge is 1.00 e. The molecule has 53 heavy (non-hydrogen) atoms. The van der Waals surface area contributed by atoms with E-state index in [0.717, 1.165) is 19.3 Å². The van der Waals surface area contributed by atoms with Crippen molar-refractivity contribution in [1.82, 2.24) is 0 Å². The minimum Gasteiger partial charge on any atom is -1.00 e. The summed E-state index contributed by atoms with van der Waals surface area (Å²) in [5.74, 6) is 0.467. The summed E-state index contributed by atoms with van der Waals surface area (Å²) in [6, 6.07) is 32.9. The van der Waals surface area contributed by atoms with Gasteiger partial charge in [0.15, 0.2) is 0 Å². The van der Waals surface area contributed by atoms with Gasteiger partial charge in [-0.2, -0.15) is 0 Å². The average molecular weight is 817 g/mol. The van der Waals surface area contributed by atoms with Crippen molar-refractivity contribution in [2.45, 2.75) is 99.3 Å². The Morgan fingerprint density at radius 1 is 0.717 bits per heavy atom. The van der Waals surface area contributed by atoms with E-state index >= 15 is 0 Å². The second-order valence-electron chi connectivity index (χ2n) is 18.0. The van der Waals surface area contributed by atoms with Gasteiger partial charge in [0.2, 0.25) is 0 Å². The van der Waals surface area contributed by atoms with Crippen molar-refractivity contribution in [3.63, 3.8) is 0 Å². The van der Waals surface area contributed by atoms with Gasteiger partial charge in [-0.15, -0.1) is 0 Å². The molecular formula is C50H54Cl2Zr. The zero-order chi connectivity index (χ0) is 36.0. The molecule has 0 amide bonds. The van der Waals surface area contributed by atoms with Gasteiger partial charge in [0.05, 0.1) is 0 Å². The fourth-order valence-electron chi connectivity index (χ4n) is 9.83. The maximum atomic E-state index is 2.68. The first kappa shape index (κ1) is 39.9. The molecule has 1 unspecified atom stereocenters. The molecule has 1 atom stereocenters. The number of halogens is 2. The van der Waals surface area contributed by atoms with Gasteiger partial charge in [-0.1, -0.05) is 0 Å². The molecule has 4 aliphatic rings. The molecule has 4 aromatic carbocycles. The van der Waals surface area contributed by atoms with Crippen LogP contribution in [0.25, 0.3) is 22.3 Å². The number of hydrogen-bond donors (Lipinski definition) is 0. The second kappa shape index (κ2) is 14.4. The Labute approximate surface area is 339 Å². The van der Waals surface area contributed by atoms with Gasteiger partial charge in [0.25, 0.3) is 0 Å². The maximum absolute atomic E-state index is 2.73. The summed E-state index contributed by atoms with van der Waals surface area (Å²) in [5, 5.41) is 0. The number of rotatable bonds is 6. The predicted molar refractivity (Wildman–Crippen MR) is 217 cm³/mol. The van der Waals surface area contributed by atoms with Gasteiger partial charge in [0.1, 0.15) is 0 Å². The number of fused-ring (bicyclic) bond motifs is 5. The van der Waals surface area contributed by atoms with Crippen LogP contribution in [-0.2, 0) is 51.4 Å². The van der Waals surface area contributed by atoms with Crippen LogP contribution in [0, 0.1) is 11.3 Å². The Balaban J connectivity index is 0.00000240. The predicted octanol–water partition coefficient (Wildman–Crippen LogP) is 6.76. The SMILES string of the molecule is CC1=CC(C)(C)c2cc3c(cc21)-c1cc2c(cc1C3)C(C)(C)[C]([Zr+2]([C]1=CC(C(C)(C)C)=CC1C)=[C](Cc1ccccc1)Cc1ccccc1)=C2C.[Cl-].[Cl-]. The Morgan fingerprint density at radius 2 is 1.25 bits per heavy atom. The number of allylic oxidation sites excluding steroid dienone is 8. The first-order chi connectivity index (χ1) is 24.1. The van der Waals surface area contributed by atoms with Crippen LogP contribution in [0.5, 0.6) is 0 Å². The van der Waals surface area contributed by atoms with E-state index in [-0.39, 0.29) is 41.1 Å². The standard InChI is InChI=1S/C25H25.C15H14.C10H15.2ClH.Zr/c1-14-12-24(3,4)22-8-16-7-17-9-23-19(15(2)13-25(23,5)6)11-21(17)20(16)10-18(14)22;1-3-8-14(9-4-1)12-7-13-15-10-5-2-6-11-15;1-8-5-6-9(7-8)10(2,3)4;;;/h8-12H,7H2,1-6H3;1-6,8-11H,12-13H2;6-8H,1-4H3;2*1H;/q;;;;;+2/p-2. The average Bonchev–Trinajstić information content (AvgIpc) is 3.76. The minimum absolute atomic E-state index is 0. The molecule has 0 radical (unpaired) electrons. The van der Waals surface area contributed by atoms with E-state index in [0.29, 0.717) is 5.92 Å². The fraction of sp³-hybridized carbons (Fsp3) is 0.340. The summed E-state index contributed by atoms with van der Waals surface area (Å²) < 4.78 is 5.35. The molecule has 0 bridgehead atoms. The molecule has 3 heteroatoms. The summed E-state index contributed by atoms with van der Waals surface area (Å²) in [4.78, 5) is 0. The Bertz CT molecular complexity index is 2220. The zero-order valence-corrected chi connectivity index (χ0v) is 37.2. The van der Waals surface area contributed by atoms with Crippen LogP contribution in [-0.4, -0.2) is 3.21 Å². The minimum atomic E-state index is -2.73. The van der Waals surface area contributed by atoms with E-state index in [1.165, 1.54) is 61.2 Å². The monoisotopic (exact) mass is 814 g/mol. The molecule has 272 valence electrons. The van der Waals surface area contributed by atoms with Crippen LogP contribution in [0.3, 0.4) is 0 Å². The summed E-state index contributed by atoms with van der Waals surface area (Å²) in [6.45, 7) is 24.3. The Hall–Kier alpha value is -2.83. The van der Waals surface area contributed by atoms with Crippen molar-refractivity contribution >= 4 is 14.4 Å². The van der Waals surface area contributed by atoms with Crippen LogP contribution in [0.4, 0.5) is 0 Å². The molecular weight excluding hydrogens is 763 g/mol. The summed E-state index contributed by atoms with van der Waals surface area (Å²) in [5.41, 5.74) is 19.6.